The summed E-state index contributed by atoms with van der Waals surface area (Å²) in [5, 5.41) is 8.98. The summed E-state index contributed by atoms with van der Waals surface area (Å²) < 4.78 is 10.9. The molecule has 0 aliphatic carbocycles. The van der Waals surface area contributed by atoms with Crippen LogP contribution in [0.4, 0.5) is 0 Å². The largest absolute Gasteiger partial charge is 0.454 e. The van der Waals surface area contributed by atoms with Crippen LogP contribution in [0.2, 0.25) is 0 Å². The fourth-order valence-corrected chi connectivity index (χ4v) is 5.12. The fourth-order valence-electron chi connectivity index (χ4n) is 4.37. The molecule has 2 aromatic carbocycles. The number of hydrogen-bond donors (Lipinski definition) is 2. The van der Waals surface area contributed by atoms with Crippen LogP contribution in [0.5, 0.6) is 11.5 Å². The van der Waals surface area contributed by atoms with Gasteiger partial charge in [-0.1, -0.05) is 36.4 Å². The lowest BCUT2D eigenvalue weighted by molar-refractivity contribution is -0.122. The van der Waals surface area contributed by atoms with Crippen molar-refractivity contribution in [2.75, 3.05) is 6.79 Å². The summed E-state index contributed by atoms with van der Waals surface area (Å²) in [5.41, 5.74) is 2.61. The zero-order chi connectivity index (χ0) is 22.7. The molecule has 2 aliphatic rings. The molecule has 170 valence electrons. The summed E-state index contributed by atoms with van der Waals surface area (Å²) in [6.45, 7) is 0.630. The minimum absolute atomic E-state index is 0.0346. The second-order valence-electron chi connectivity index (χ2n) is 8.46. The SMILES string of the molecule is O=C(CCC1(Cc2ccc3c(c2)OCO3)CCC(=O)N1)NCc1nc(-c2ccccc2)cs1. The number of benzene rings is 2. The van der Waals surface area contributed by atoms with Crippen molar-refractivity contribution in [3.05, 3.63) is 64.5 Å². The Labute approximate surface area is 196 Å². The zero-order valence-corrected chi connectivity index (χ0v) is 19.0. The van der Waals surface area contributed by atoms with Crippen molar-refractivity contribution >= 4 is 23.2 Å². The molecule has 3 aromatic rings. The molecule has 7 nitrogen and oxygen atoms in total. The molecule has 1 aromatic heterocycles. The maximum absolute atomic E-state index is 12.6. The van der Waals surface area contributed by atoms with Crippen molar-refractivity contribution in [1.29, 1.82) is 0 Å². The van der Waals surface area contributed by atoms with Gasteiger partial charge in [-0.3, -0.25) is 9.59 Å². The van der Waals surface area contributed by atoms with Gasteiger partial charge in [-0.2, -0.15) is 0 Å². The molecule has 5 rings (SSSR count). The molecule has 33 heavy (non-hydrogen) atoms. The van der Waals surface area contributed by atoms with Crippen LogP contribution < -0.4 is 20.1 Å². The molecule has 1 unspecified atom stereocenters. The maximum atomic E-state index is 12.6. The Morgan fingerprint density at radius 2 is 2.00 bits per heavy atom. The molecule has 1 saturated heterocycles. The van der Waals surface area contributed by atoms with Crippen LogP contribution in [0.1, 0.15) is 36.3 Å². The van der Waals surface area contributed by atoms with Gasteiger partial charge in [0.05, 0.1) is 12.2 Å². The van der Waals surface area contributed by atoms with Gasteiger partial charge in [0, 0.05) is 29.3 Å². The number of aromatic nitrogens is 1. The van der Waals surface area contributed by atoms with Gasteiger partial charge in [-0.25, -0.2) is 4.98 Å². The smallest absolute Gasteiger partial charge is 0.231 e. The van der Waals surface area contributed by atoms with E-state index in [2.05, 4.69) is 15.6 Å². The van der Waals surface area contributed by atoms with E-state index in [4.69, 9.17) is 9.47 Å². The highest BCUT2D eigenvalue weighted by Gasteiger charge is 2.38. The lowest BCUT2D eigenvalue weighted by Crippen LogP contribution is -2.44. The van der Waals surface area contributed by atoms with Gasteiger partial charge < -0.3 is 20.1 Å². The average Bonchev–Trinajstić information content (AvgIpc) is 3.57. The lowest BCUT2D eigenvalue weighted by atomic mass is 9.85. The van der Waals surface area contributed by atoms with E-state index in [1.165, 1.54) is 11.3 Å². The van der Waals surface area contributed by atoms with Gasteiger partial charge in [0.1, 0.15) is 5.01 Å². The van der Waals surface area contributed by atoms with Crippen LogP contribution in [0.25, 0.3) is 11.3 Å². The van der Waals surface area contributed by atoms with E-state index < -0.39 is 5.54 Å². The van der Waals surface area contributed by atoms with Gasteiger partial charge in [0.15, 0.2) is 11.5 Å². The predicted octanol–water partition coefficient (Wildman–Crippen LogP) is 3.83. The predicted molar refractivity (Wildman–Crippen MR) is 125 cm³/mol. The summed E-state index contributed by atoms with van der Waals surface area (Å²) in [5.74, 6) is 1.45. The number of hydrogen-bond acceptors (Lipinski definition) is 6. The Kier molecular flexibility index (Phi) is 6.00. The highest BCUT2D eigenvalue weighted by atomic mass is 32.1. The van der Waals surface area contributed by atoms with Crippen LogP contribution in [0, 0.1) is 0 Å². The van der Waals surface area contributed by atoms with Gasteiger partial charge in [-0.05, 0) is 37.0 Å². The van der Waals surface area contributed by atoms with E-state index >= 15 is 0 Å². The molecule has 0 spiro atoms. The maximum Gasteiger partial charge on any atom is 0.231 e. The number of carbonyl (C=O) groups is 2. The molecule has 2 N–H and O–H groups in total. The number of thiazole rings is 1. The first kappa shape index (κ1) is 21.5. The summed E-state index contributed by atoms with van der Waals surface area (Å²) in [6.07, 6.45) is 2.75. The lowest BCUT2D eigenvalue weighted by Gasteiger charge is -2.29. The molecule has 3 heterocycles. The van der Waals surface area contributed by atoms with E-state index in [9.17, 15) is 9.59 Å². The number of nitrogens with zero attached hydrogens (tertiary/aromatic N) is 1. The van der Waals surface area contributed by atoms with Crippen LogP contribution in [-0.4, -0.2) is 29.1 Å². The summed E-state index contributed by atoms with van der Waals surface area (Å²) in [7, 11) is 0. The van der Waals surface area contributed by atoms with Crippen LogP contribution in [0.15, 0.2) is 53.9 Å². The molecular weight excluding hydrogens is 438 g/mol. The highest BCUT2D eigenvalue weighted by Crippen LogP contribution is 2.36. The number of amides is 2. The third kappa shape index (κ3) is 5.01. The molecule has 8 heteroatoms. The monoisotopic (exact) mass is 463 g/mol. The number of rotatable bonds is 8. The van der Waals surface area contributed by atoms with Crippen molar-refractivity contribution < 1.29 is 19.1 Å². The Bertz CT molecular complexity index is 1160. The van der Waals surface area contributed by atoms with E-state index in [0.29, 0.717) is 38.6 Å². The van der Waals surface area contributed by atoms with Crippen LogP contribution in [-0.2, 0) is 22.6 Å². The topological polar surface area (TPSA) is 89.5 Å². The Balaban J connectivity index is 1.17. The van der Waals surface area contributed by atoms with E-state index in [0.717, 1.165) is 33.3 Å². The van der Waals surface area contributed by atoms with Gasteiger partial charge in [-0.15, -0.1) is 11.3 Å². The summed E-state index contributed by atoms with van der Waals surface area (Å²) >= 11 is 1.54. The molecule has 0 radical (unpaired) electrons. The standard InChI is InChI=1S/C25H25N3O4S/c29-22(26-14-24-27-19(15-33-24)18-4-2-1-3-5-18)8-10-25(11-9-23(30)28-25)13-17-6-7-20-21(12-17)32-16-31-20/h1-7,12,15H,8-11,13-14,16H2,(H,26,29)(H,28,30). The van der Waals surface area contributed by atoms with E-state index in [-0.39, 0.29) is 18.6 Å². The fraction of sp³-hybridized carbons (Fsp3) is 0.320. The van der Waals surface area contributed by atoms with Crippen molar-refractivity contribution in [2.45, 2.75) is 44.2 Å². The third-order valence-electron chi connectivity index (χ3n) is 6.10. The van der Waals surface area contributed by atoms with Gasteiger partial charge in [0.25, 0.3) is 0 Å². The third-order valence-corrected chi connectivity index (χ3v) is 6.95. The first-order valence-electron chi connectivity index (χ1n) is 11.0. The number of fused-ring (bicyclic) bond motifs is 1. The van der Waals surface area contributed by atoms with Crippen molar-refractivity contribution in [3.63, 3.8) is 0 Å². The second-order valence-corrected chi connectivity index (χ2v) is 9.40. The normalized spacial score (nSPS) is 18.8. The van der Waals surface area contributed by atoms with Crippen molar-refractivity contribution in [2.24, 2.45) is 0 Å². The Morgan fingerprint density at radius 1 is 1.15 bits per heavy atom. The number of nitrogens with one attached hydrogen (secondary N) is 2. The molecule has 0 bridgehead atoms. The molecule has 2 amide bonds. The van der Waals surface area contributed by atoms with Crippen molar-refractivity contribution in [1.82, 2.24) is 15.6 Å². The molecular formula is C25H25N3O4S. The Hall–Kier alpha value is -3.39. The summed E-state index contributed by atoms with van der Waals surface area (Å²) in [4.78, 5) is 29.3. The average molecular weight is 464 g/mol. The quantitative estimate of drug-likeness (QED) is 0.530. The Morgan fingerprint density at radius 3 is 2.82 bits per heavy atom. The second kappa shape index (κ2) is 9.23. The first-order chi connectivity index (χ1) is 16.1. The number of carbonyl (C=O) groups excluding carboxylic acids is 2. The van der Waals surface area contributed by atoms with Crippen LogP contribution >= 0.6 is 11.3 Å². The van der Waals surface area contributed by atoms with E-state index in [1.807, 2.05) is 53.9 Å². The molecule has 1 atom stereocenters. The zero-order valence-electron chi connectivity index (χ0n) is 18.1. The minimum atomic E-state index is -0.427. The van der Waals surface area contributed by atoms with Crippen LogP contribution in [0.3, 0.4) is 0 Å². The number of ether oxygens (including phenoxy) is 2. The van der Waals surface area contributed by atoms with Gasteiger partial charge >= 0.3 is 0 Å². The minimum Gasteiger partial charge on any atom is -0.454 e. The first-order valence-corrected chi connectivity index (χ1v) is 11.9. The van der Waals surface area contributed by atoms with E-state index in [1.54, 1.807) is 0 Å². The molecule has 1 fully saturated rings. The highest BCUT2D eigenvalue weighted by molar-refractivity contribution is 7.09. The molecule has 2 aliphatic heterocycles. The summed E-state index contributed by atoms with van der Waals surface area (Å²) in [6, 6.07) is 15.8. The van der Waals surface area contributed by atoms with Gasteiger partial charge in [0.2, 0.25) is 18.6 Å². The molecule has 0 saturated carbocycles. The van der Waals surface area contributed by atoms with Crippen molar-refractivity contribution in [3.8, 4) is 22.8 Å².